The molecule has 3 N–H and O–H groups in total. The van der Waals surface area contributed by atoms with Gasteiger partial charge in [0.15, 0.2) is 0 Å². The molecule has 1 aromatic carbocycles. The van der Waals surface area contributed by atoms with Crippen molar-refractivity contribution in [3.05, 3.63) is 28.3 Å². The van der Waals surface area contributed by atoms with E-state index < -0.39 is 18.2 Å². The van der Waals surface area contributed by atoms with Crippen molar-refractivity contribution in [2.45, 2.75) is 51.9 Å². The fourth-order valence-electron chi connectivity index (χ4n) is 3.74. The van der Waals surface area contributed by atoms with Crippen molar-refractivity contribution in [2.75, 3.05) is 20.7 Å². The maximum atomic E-state index is 13.1. The molecular formula is C22H30ClN3O4. The van der Waals surface area contributed by atoms with Gasteiger partial charge in [-0.15, -0.1) is 6.42 Å². The number of hydrogen-bond donors (Lipinski definition) is 3. The van der Waals surface area contributed by atoms with Gasteiger partial charge >= 0.3 is 0 Å². The van der Waals surface area contributed by atoms with E-state index in [0.717, 1.165) is 0 Å². The summed E-state index contributed by atoms with van der Waals surface area (Å²) in [7, 11) is 3.21. The lowest BCUT2D eigenvalue weighted by molar-refractivity contribution is -0.142. The van der Waals surface area contributed by atoms with E-state index in [1.165, 1.54) is 12.0 Å². The third-order valence-electron chi connectivity index (χ3n) is 5.25. The standard InChI is InChI=1S/C22H30ClN3O4/c1-7-13-8-16(23)15(18(9-13)30-6)11-25-20(28)17-10-14(27)12-26(17)21(29)19(24-5)22(2,3)4/h1,8-9,14,17,19,24,27H,10-12H2,2-6H3,(H,25,28)/t14-,17+,19-/m1/s1. The molecule has 0 unspecified atom stereocenters. The van der Waals surface area contributed by atoms with E-state index in [2.05, 4.69) is 16.6 Å². The number of aliphatic hydroxyl groups is 1. The van der Waals surface area contributed by atoms with Crippen molar-refractivity contribution in [3.8, 4) is 18.1 Å². The second-order valence-electron chi connectivity index (χ2n) is 8.48. The number of rotatable bonds is 6. The van der Waals surface area contributed by atoms with Crippen LogP contribution in [0.25, 0.3) is 0 Å². The van der Waals surface area contributed by atoms with Crippen LogP contribution in [0.15, 0.2) is 12.1 Å². The van der Waals surface area contributed by atoms with Crippen LogP contribution in [0.4, 0.5) is 0 Å². The van der Waals surface area contributed by atoms with Gasteiger partial charge in [0.2, 0.25) is 11.8 Å². The van der Waals surface area contributed by atoms with Crippen molar-refractivity contribution < 1.29 is 19.4 Å². The van der Waals surface area contributed by atoms with Crippen LogP contribution in [-0.2, 0) is 16.1 Å². The number of benzene rings is 1. The van der Waals surface area contributed by atoms with Crippen LogP contribution in [-0.4, -0.2) is 60.7 Å². The molecule has 0 spiro atoms. The van der Waals surface area contributed by atoms with Crippen LogP contribution in [0, 0.1) is 17.8 Å². The molecule has 2 rings (SSSR count). The zero-order valence-electron chi connectivity index (χ0n) is 18.1. The number of halogens is 1. The fraction of sp³-hybridized carbons (Fsp3) is 0.545. The summed E-state index contributed by atoms with van der Waals surface area (Å²) >= 11 is 6.31. The monoisotopic (exact) mass is 435 g/mol. The molecule has 1 saturated heterocycles. The number of likely N-dealkylation sites (tertiary alicyclic amines) is 1. The summed E-state index contributed by atoms with van der Waals surface area (Å²) in [4.78, 5) is 27.5. The van der Waals surface area contributed by atoms with Gasteiger partial charge in [-0.3, -0.25) is 9.59 Å². The quantitative estimate of drug-likeness (QED) is 0.590. The number of nitrogens with zero attached hydrogens (tertiary/aromatic N) is 1. The summed E-state index contributed by atoms with van der Waals surface area (Å²) in [5.74, 6) is 2.40. The molecule has 1 aliphatic heterocycles. The second kappa shape index (κ2) is 9.69. The largest absolute Gasteiger partial charge is 0.496 e. The zero-order chi connectivity index (χ0) is 22.6. The molecule has 0 aromatic heterocycles. The average molecular weight is 436 g/mol. The molecule has 0 bridgehead atoms. The van der Waals surface area contributed by atoms with Crippen LogP contribution < -0.4 is 15.4 Å². The Labute approximate surface area is 183 Å². The van der Waals surface area contributed by atoms with Crippen LogP contribution in [0.2, 0.25) is 5.02 Å². The van der Waals surface area contributed by atoms with Crippen LogP contribution >= 0.6 is 11.6 Å². The Hall–Kier alpha value is -2.27. The summed E-state index contributed by atoms with van der Waals surface area (Å²) < 4.78 is 5.34. The molecule has 0 radical (unpaired) electrons. The Morgan fingerprint density at radius 2 is 2.10 bits per heavy atom. The van der Waals surface area contributed by atoms with E-state index in [-0.39, 0.29) is 36.7 Å². The smallest absolute Gasteiger partial charge is 0.243 e. The Morgan fingerprint density at radius 1 is 1.43 bits per heavy atom. The van der Waals surface area contributed by atoms with Gasteiger partial charge in [0, 0.05) is 30.6 Å². The molecule has 8 heteroatoms. The van der Waals surface area contributed by atoms with Crippen molar-refractivity contribution in [3.63, 3.8) is 0 Å². The van der Waals surface area contributed by atoms with E-state index in [0.29, 0.717) is 21.9 Å². The lowest BCUT2D eigenvalue weighted by Crippen LogP contribution is -2.55. The van der Waals surface area contributed by atoms with Gasteiger partial charge in [-0.25, -0.2) is 0 Å². The van der Waals surface area contributed by atoms with Crippen molar-refractivity contribution in [2.24, 2.45) is 5.41 Å². The molecule has 1 heterocycles. The predicted octanol–water partition coefficient (Wildman–Crippen LogP) is 1.54. The first-order chi connectivity index (χ1) is 14.0. The van der Waals surface area contributed by atoms with Gasteiger partial charge in [-0.2, -0.15) is 0 Å². The first-order valence-electron chi connectivity index (χ1n) is 9.80. The van der Waals surface area contributed by atoms with Crippen LogP contribution in [0.3, 0.4) is 0 Å². The topological polar surface area (TPSA) is 90.9 Å². The summed E-state index contributed by atoms with van der Waals surface area (Å²) in [6.07, 6.45) is 4.85. The molecule has 7 nitrogen and oxygen atoms in total. The van der Waals surface area contributed by atoms with E-state index in [1.54, 1.807) is 19.2 Å². The normalized spacial score (nSPS) is 19.9. The lowest BCUT2D eigenvalue weighted by Gasteiger charge is -2.34. The molecule has 1 fully saturated rings. The number of ether oxygens (including phenoxy) is 1. The number of carbonyl (C=O) groups excluding carboxylic acids is 2. The van der Waals surface area contributed by atoms with Crippen LogP contribution in [0.1, 0.15) is 38.3 Å². The average Bonchev–Trinajstić information content (AvgIpc) is 3.07. The van der Waals surface area contributed by atoms with E-state index in [1.807, 2.05) is 20.8 Å². The number of β-amino-alcohol motifs (C(OH)–C–C–N with tert-alkyl or cyclic N) is 1. The number of carbonyl (C=O) groups is 2. The third-order valence-corrected chi connectivity index (χ3v) is 5.58. The maximum Gasteiger partial charge on any atom is 0.243 e. The summed E-state index contributed by atoms with van der Waals surface area (Å²) in [6.45, 7) is 6.06. The van der Waals surface area contributed by atoms with Gasteiger partial charge in [0.05, 0.1) is 24.3 Å². The minimum absolute atomic E-state index is 0.106. The zero-order valence-corrected chi connectivity index (χ0v) is 18.8. The maximum absolute atomic E-state index is 13.1. The van der Waals surface area contributed by atoms with Gasteiger partial charge in [0.25, 0.3) is 0 Å². The Bertz CT molecular complexity index is 844. The first kappa shape index (κ1) is 24.0. The molecule has 1 aliphatic rings. The highest BCUT2D eigenvalue weighted by atomic mass is 35.5. The molecule has 2 amide bonds. The number of hydrogen-bond acceptors (Lipinski definition) is 5. The van der Waals surface area contributed by atoms with E-state index in [4.69, 9.17) is 22.8 Å². The SMILES string of the molecule is C#Cc1cc(Cl)c(CNC(=O)[C@@H]2C[C@@H](O)CN2C(=O)[C@@H](NC)C(C)(C)C)c(OC)c1. The van der Waals surface area contributed by atoms with Gasteiger partial charge < -0.3 is 25.4 Å². The Balaban J connectivity index is 2.18. The van der Waals surface area contributed by atoms with E-state index >= 15 is 0 Å². The third kappa shape index (κ3) is 5.25. The summed E-state index contributed by atoms with van der Waals surface area (Å²) in [5.41, 5.74) is 0.814. The van der Waals surface area contributed by atoms with Gasteiger partial charge in [-0.05, 0) is 24.6 Å². The van der Waals surface area contributed by atoms with Crippen molar-refractivity contribution in [1.29, 1.82) is 0 Å². The van der Waals surface area contributed by atoms with Gasteiger partial charge in [-0.1, -0.05) is 38.3 Å². The highest BCUT2D eigenvalue weighted by molar-refractivity contribution is 6.31. The van der Waals surface area contributed by atoms with Crippen LogP contribution in [0.5, 0.6) is 5.75 Å². The number of nitrogens with one attached hydrogen (secondary N) is 2. The van der Waals surface area contributed by atoms with Gasteiger partial charge in [0.1, 0.15) is 11.8 Å². The number of methoxy groups -OCH3 is 1. The number of likely N-dealkylation sites (N-methyl/N-ethyl adjacent to an activating group) is 1. The number of terminal acetylenes is 1. The van der Waals surface area contributed by atoms with E-state index in [9.17, 15) is 14.7 Å². The molecule has 0 aliphatic carbocycles. The minimum Gasteiger partial charge on any atom is -0.496 e. The molecule has 30 heavy (non-hydrogen) atoms. The second-order valence-corrected chi connectivity index (χ2v) is 8.89. The predicted molar refractivity (Wildman–Crippen MR) is 116 cm³/mol. The lowest BCUT2D eigenvalue weighted by atomic mass is 9.86. The Kier molecular flexibility index (Phi) is 7.75. The highest BCUT2D eigenvalue weighted by Crippen LogP contribution is 2.29. The molecular weight excluding hydrogens is 406 g/mol. The first-order valence-corrected chi connectivity index (χ1v) is 10.2. The Morgan fingerprint density at radius 3 is 2.63 bits per heavy atom. The minimum atomic E-state index is -0.763. The summed E-state index contributed by atoms with van der Waals surface area (Å²) in [6, 6.07) is 2.05. The summed E-state index contributed by atoms with van der Waals surface area (Å²) in [5, 5.41) is 16.4. The van der Waals surface area contributed by atoms with Crippen molar-refractivity contribution >= 4 is 23.4 Å². The number of amides is 2. The molecule has 164 valence electrons. The molecule has 3 atom stereocenters. The molecule has 1 aromatic rings. The highest BCUT2D eigenvalue weighted by Gasteiger charge is 2.43. The fourth-order valence-corrected chi connectivity index (χ4v) is 4.02. The number of aliphatic hydroxyl groups excluding tert-OH is 1. The molecule has 0 saturated carbocycles. The van der Waals surface area contributed by atoms with Crippen molar-refractivity contribution in [1.82, 2.24) is 15.5 Å².